The van der Waals surface area contributed by atoms with Gasteiger partial charge in [0.25, 0.3) is 0 Å². The summed E-state index contributed by atoms with van der Waals surface area (Å²) in [6, 6.07) is 78.1. The number of pyridine rings is 1. The van der Waals surface area contributed by atoms with Crippen molar-refractivity contribution in [3.05, 3.63) is 251 Å². The number of imidazole rings is 1. The number of fused-ring (bicyclic) bond motifs is 5. The molecule has 1 aliphatic rings. The summed E-state index contributed by atoms with van der Waals surface area (Å²) < 4.78 is 41.3. The first-order valence-electron chi connectivity index (χ1n) is 26.2. The molecule has 0 amide bonds. The fourth-order valence-corrected chi connectivity index (χ4v) is 12.2. The third-order valence-corrected chi connectivity index (χ3v) is 15.5. The van der Waals surface area contributed by atoms with E-state index in [9.17, 15) is 0 Å². The average Bonchev–Trinajstić information content (AvgIpc) is 3.87. The number of benzene rings is 9. The Morgan fingerprint density at radius 2 is 1.12 bits per heavy atom. The van der Waals surface area contributed by atoms with E-state index in [1.165, 1.54) is 38.9 Å². The molecular formula is C66H50N4OPt. The number of rotatable bonds is 9. The van der Waals surface area contributed by atoms with Gasteiger partial charge in [-0.2, -0.15) is 0 Å². The second-order valence-electron chi connectivity index (χ2n) is 18.7. The van der Waals surface area contributed by atoms with Crippen LogP contribution < -0.4 is 4.74 Å². The van der Waals surface area contributed by atoms with Gasteiger partial charge in [-0.3, -0.25) is 0 Å². The summed E-state index contributed by atoms with van der Waals surface area (Å²) in [6.45, 7) is -2.39. The molecule has 0 spiro atoms. The topological polar surface area (TPSA) is 36.9 Å². The maximum Gasteiger partial charge on any atom is 0.0374 e. The molecule has 12 aromatic rings. The van der Waals surface area contributed by atoms with E-state index in [0.29, 0.717) is 17.1 Å². The molecule has 1 unspecified atom stereocenters. The quantitative estimate of drug-likeness (QED) is 0.135. The van der Waals surface area contributed by atoms with Crippen LogP contribution in [0.4, 0.5) is 0 Å². The standard InChI is InChI=1S/C66H50N4O.Pt/c1-45-39-65(67-43-59(45)49-25-12-5-13-26-49)70-61-38-34-51(46-19-6-2-7-20-46)40-58(61)56-37-36-53(42-64(56)70)71-52-35-33-50-27-14-15-30-60(57(50)41-52)68-44-69(63-32-17-16-31-62(63)68)66-54(47-21-8-3-9-22-47)28-18-29-55(66)48-23-10-4-11-24-48;/h2-13,16-26,28-29,31-43,60H,14-15,27,30H2,1H3;/i1D3;. The molecule has 0 saturated heterocycles. The van der Waals surface area contributed by atoms with E-state index in [0.717, 1.165) is 84.9 Å². The molecule has 0 fully saturated rings. The average molecular weight is 1110 g/mol. The van der Waals surface area contributed by atoms with E-state index >= 15 is 0 Å². The molecule has 72 heavy (non-hydrogen) atoms. The molecular weight excluding hydrogens is 1060 g/mol. The van der Waals surface area contributed by atoms with Crippen molar-refractivity contribution in [3.8, 4) is 67.5 Å². The Bertz CT molecular complexity index is 4110. The Morgan fingerprint density at radius 3 is 1.82 bits per heavy atom. The predicted molar refractivity (Wildman–Crippen MR) is 292 cm³/mol. The van der Waals surface area contributed by atoms with Gasteiger partial charge in [0.1, 0.15) is 0 Å². The molecule has 1 aliphatic carbocycles. The molecule has 0 aliphatic heterocycles. The molecule has 0 bridgehead atoms. The molecule has 0 radical (unpaired) electrons. The summed E-state index contributed by atoms with van der Waals surface area (Å²) in [6.07, 6.45) is 5.86. The zero-order valence-corrected chi connectivity index (χ0v) is 41.6. The van der Waals surface area contributed by atoms with Gasteiger partial charge in [0, 0.05) is 15.9 Å². The summed E-state index contributed by atoms with van der Waals surface area (Å²) in [7, 11) is 0. The number of hydrogen-bond acceptors (Lipinski definition) is 2. The smallest absolute Gasteiger partial charge is 0.0374 e. The summed E-state index contributed by atoms with van der Waals surface area (Å²) >= 11 is 2.58. The Hall–Kier alpha value is -8.11. The minimum Gasteiger partial charge on any atom is -0.238 e. The molecule has 0 N–H and O–H groups in total. The zero-order valence-electron chi connectivity index (χ0n) is 42.4. The van der Waals surface area contributed by atoms with E-state index in [4.69, 9.17) is 13.8 Å². The predicted octanol–water partition coefficient (Wildman–Crippen LogP) is 17.1. The van der Waals surface area contributed by atoms with E-state index in [1.807, 2.05) is 42.5 Å². The monoisotopic (exact) mass is 1110 g/mol. The Kier molecular flexibility index (Phi) is 10.5. The van der Waals surface area contributed by atoms with Crippen molar-refractivity contribution in [1.82, 2.24) is 18.7 Å². The second kappa shape index (κ2) is 18.6. The van der Waals surface area contributed by atoms with Crippen molar-refractivity contribution in [1.29, 1.82) is 0 Å². The number of ether oxygens (including phenoxy) is 1. The summed E-state index contributed by atoms with van der Waals surface area (Å²) in [5, 5.41) is 2.04. The molecule has 13 rings (SSSR count). The van der Waals surface area contributed by atoms with Crippen molar-refractivity contribution < 1.29 is 28.2 Å². The number of aromatic nitrogens is 4. The van der Waals surface area contributed by atoms with Gasteiger partial charge in [0.2, 0.25) is 0 Å². The van der Waals surface area contributed by atoms with Crippen molar-refractivity contribution in [2.24, 2.45) is 0 Å². The molecule has 6 heteroatoms. The van der Waals surface area contributed by atoms with Crippen LogP contribution in [0, 0.1) is 10.7 Å². The number of hydrogen-bond donors (Lipinski definition) is 0. The van der Waals surface area contributed by atoms with Gasteiger partial charge in [-0.05, 0) is 47.3 Å². The van der Waals surface area contributed by atoms with Gasteiger partial charge < -0.3 is 0 Å². The summed E-state index contributed by atoms with van der Waals surface area (Å²) in [5.41, 5.74) is 16.4. The molecule has 5 nitrogen and oxygen atoms in total. The van der Waals surface area contributed by atoms with Crippen molar-refractivity contribution >= 4 is 32.8 Å². The SMILES string of the molecule is [2H]C([2H])([2H])c1cc(-n2c3ccc(-c4ccccc4)cc3c3ccc(Oc4ccc5c(c4)C(n4[c](=[Pt])n(-c6c(-c7ccccc7)cccc6-c6ccccc6)c6ccccc64)CCCC5)cc32)ncc1-c1ccccc1. The summed E-state index contributed by atoms with van der Waals surface area (Å²) in [5.74, 6) is 1.94. The van der Waals surface area contributed by atoms with Crippen LogP contribution in [0.15, 0.2) is 231 Å². The van der Waals surface area contributed by atoms with E-state index in [-0.39, 0.29) is 11.6 Å². The molecule has 0 saturated carbocycles. The molecule has 3 aromatic heterocycles. The van der Waals surface area contributed by atoms with Crippen LogP contribution in [0.5, 0.6) is 11.5 Å². The van der Waals surface area contributed by atoms with Gasteiger partial charge in [-0.1, -0.05) is 66.7 Å². The van der Waals surface area contributed by atoms with Crippen LogP contribution >= 0.6 is 0 Å². The maximum atomic E-state index is 8.69. The maximum absolute atomic E-state index is 8.69. The van der Waals surface area contributed by atoms with Crippen LogP contribution in [-0.2, 0) is 25.8 Å². The van der Waals surface area contributed by atoms with Crippen LogP contribution in [0.1, 0.15) is 46.1 Å². The second-order valence-corrected chi connectivity index (χ2v) is 19.7. The first kappa shape index (κ1) is 40.6. The van der Waals surface area contributed by atoms with E-state index < -0.39 is 6.85 Å². The van der Waals surface area contributed by atoms with Gasteiger partial charge in [-0.25, -0.2) is 4.98 Å². The molecule has 9 aromatic carbocycles. The fraction of sp³-hybridized carbons (Fsp3) is 0.0909. The van der Waals surface area contributed by atoms with Crippen molar-refractivity contribution in [3.63, 3.8) is 0 Å². The van der Waals surface area contributed by atoms with Crippen LogP contribution in [0.2, 0.25) is 0 Å². The molecule has 350 valence electrons. The van der Waals surface area contributed by atoms with Crippen molar-refractivity contribution in [2.75, 3.05) is 0 Å². The number of aryl methyl sites for hydroxylation is 2. The van der Waals surface area contributed by atoms with E-state index in [1.54, 1.807) is 12.3 Å². The van der Waals surface area contributed by atoms with Gasteiger partial charge in [0.15, 0.2) is 0 Å². The minimum absolute atomic E-state index is 0.0370. The van der Waals surface area contributed by atoms with Crippen LogP contribution in [0.3, 0.4) is 0 Å². The van der Waals surface area contributed by atoms with Gasteiger partial charge in [-0.15, -0.1) is 0 Å². The zero-order chi connectivity index (χ0) is 50.6. The Labute approximate surface area is 434 Å². The van der Waals surface area contributed by atoms with Gasteiger partial charge in [0.05, 0.1) is 0 Å². The van der Waals surface area contributed by atoms with Crippen LogP contribution in [0.25, 0.3) is 88.9 Å². The number of nitrogens with zero attached hydrogens (tertiary/aromatic N) is 4. The first-order valence-corrected chi connectivity index (χ1v) is 25.8. The van der Waals surface area contributed by atoms with Crippen LogP contribution in [-0.4, -0.2) is 18.7 Å². The third-order valence-electron chi connectivity index (χ3n) is 14.4. The summed E-state index contributed by atoms with van der Waals surface area (Å²) in [4.78, 5) is 5.02. The molecule has 1 atom stereocenters. The van der Waals surface area contributed by atoms with Gasteiger partial charge >= 0.3 is 302 Å². The number of para-hydroxylation sites is 3. The molecule has 3 heterocycles. The Balaban J connectivity index is 0.946. The largest absolute Gasteiger partial charge is 0.238 e. The normalized spacial score (nSPS) is 14.4. The third kappa shape index (κ3) is 7.77. The minimum atomic E-state index is -2.39. The Morgan fingerprint density at radius 1 is 0.500 bits per heavy atom. The first-order chi connectivity index (χ1) is 36.8. The van der Waals surface area contributed by atoms with Crippen molar-refractivity contribution in [2.45, 2.75) is 38.6 Å². The fourth-order valence-electron chi connectivity index (χ4n) is 11.0. The van der Waals surface area contributed by atoms with E-state index in [2.05, 4.69) is 209 Å².